The number of benzene rings is 1. The molecular formula is C13H15FN2OS. The first-order valence-electron chi connectivity index (χ1n) is 5.65. The van der Waals surface area contributed by atoms with Crippen molar-refractivity contribution < 1.29 is 9.50 Å². The number of aliphatic hydroxyl groups excluding tert-OH is 1. The van der Waals surface area contributed by atoms with Crippen LogP contribution in [0.2, 0.25) is 0 Å². The van der Waals surface area contributed by atoms with Gasteiger partial charge in [-0.15, -0.1) is 11.3 Å². The fraction of sp³-hybridized carbons (Fsp3) is 0.308. The van der Waals surface area contributed by atoms with Crippen molar-refractivity contribution in [3.63, 3.8) is 0 Å². The summed E-state index contributed by atoms with van der Waals surface area (Å²) in [5, 5.41) is 12.5. The van der Waals surface area contributed by atoms with Crippen LogP contribution < -0.4 is 5.73 Å². The van der Waals surface area contributed by atoms with Gasteiger partial charge in [-0.3, -0.25) is 0 Å². The molecule has 0 radical (unpaired) electrons. The number of thiazole rings is 1. The van der Waals surface area contributed by atoms with Crippen molar-refractivity contribution in [1.29, 1.82) is 0 Å². The number of hydrogen-bond acceptors (Lipinski definition) is 4. The van der Waals surface area contributed by atoms with Gasteiger partial charge in [0.2, 0.25) is 0 Å². The lowest BCUT2D eigenvalue weighted by Crippen LogP contribution is -2.41. The van der Waals surface area contributed by atoms with Crippen LogP contribution in [0.4, 0.5) is 4.39 Å². The Morgan fingerprint density at radius 1 is 1.33 bits per heavy atom. The maximum Gasteiger partial charge on any atom is 0.123 e. The Hall–Kier alpha value is -1.30. The summed E-state index contributed by atoms with van der Waals surface area (Å²) >= 11 is 1.53. The predicted molar refractivity (Wildman–Crippen MR) is 70.0 cm³/mol. The molecule has 0 amide bonds. The van der Waals surface area contributed by atoms with E-state index in [-0.39, 0.29) is 19.0 Å². The third-order valence-electron chi connectivity index (χ3n) is 3.12. The summed E-state index contributed by atoms with van der Waals surface area (Å²) in [5.74, 6) is -0.295. The number of rotatable bonds is 5. The molecule has 2 rings (SSSR count). The molecule has 3 nitrogen and oxygen atoms in total. The van der Waals surface area contributed by atoms with Gasteiger partial charge in [0.25, 0.3) is 0 Å². The molecule has 0 saturated carbocycles. The molecule has 0 aliphatic rings. The minimum Gasteiger partial charge on any atom is -0.395 e. The van der Waals surface area contributed by atoms with E-state index in [1.54, 1.807) is 18.3 Å². The second-order valence-electron chi connectivity index (χ2n) is 4.25. The van der Waals surface area contributed by atoms with Crippen molar-refractivity contribution in [2.75, 3.05) is 13.2 Å². The first-order chi connectivity index (χ1) is 8.70. The molecule has 5 heteroatoms. The topological polar surface area (TPSA) is 59.1 Å². The van der Waals surface area contributed by atoms with Crippen molar-refractivity contribution in [3.05, 3.63) is 52.2 Å². The molecule has 2 aromatic rings. The largest absolute Gasteiger partial charge is 0.395 e. The van der Waals surface area contributed by atoms with E-state index in [0.29, 0.717) is 6.42 Å². The van der Waals surface area contributed by atoms with E-state index in [1.165, 1.54) is 23.5 Å². The summed E-state index contributed by atoms with van der Waals surface area (Å²) in [5.41, 5.74) is 6.07. The number of nitrogens with zero attached hydrogens (tertiary/aromatic N) is 1. The molecule has 0 saturated heterocycles. The minimum atomic E-state index is -0.592. The number of nitrogens with two attached hydrogens (primary N) is 1. The molecule has 0 fully saturated rings. The number of aliphatic hydroxyl groups is 1. The van der Waals surface area contributed by atoms with Gasteiger partial charge in [-0.25, -0.2) is 9.37 Å². The summed E-state index contributed by atoms with van der Waals surface area (Å²) in [4.78, 5) is 4.22. The van der Waals surface area contributed by atoms with E-state index in [4.69, 9.17) is 5.73 Å². The Morgan fingerprint density at radius 2 is 2.06 bits per heavy atom. The molecule has 3 N–H and O–H groups in total. The lowest BCUT2D eigenvalue weighted by molar-refractivity contribution is 0.196. The van der Waals surface area contributed by atoms with Gasteiger partial charge in [0, 0.05) is 30.0 Å². The van der Waals surface area contributed by atoms with Crippen molar-refractivity contribution in [3.8, 4) is 0 Å². The molecule has 18 heavy (non-hydrogen) atoms. The zero-order chi connectivity index (χ0) is 13.0. The smallest absolute Gasteiger partial charge is 0.123 e. The zero-order valence-electron chi connectivity index (χ0n) is 9.84. The zero-order valence-corrected chi connectivity index (χ0v) is 10.7. The lowest BCUT2D eigenvalue weighted by Gasteiger charge is -2.30. The molecule has 1 atom stereocenters. The first kappa shape index (κ1) is 13.1. The molecule has 1 aromatic heterocycles. The van der Waals surface area contributed by atoms with Crippen molar-refractivity contribution >= 4 is 11.3 Å². The highest BCUT2D eigenvalue weighted by molar-refractivity contribution is 7.09. The SMILES string of the molecule is NCC(CO)(Cc1nccs1)c1ccc(F)cc1. The van der Waals surface area contributed by atoms with Gasteiger partial charge in [0.05, 0.1) is 11.6 Å². The standard InChI is InChI=1S/C13H15FN2OS/c14-11-3-1-10(2-4-11)13(8-15,9-17)7-12-16-5-6-18-12/h1-6,17H,7-9,15H2. The van der Waals surface area contributed by atoms with Crippen LogP contribution in [0.3, 0.4) is 0 Å². The fourth-order valence-corrected chi connectivity index (χ4v) is 2.70. The highest BCUT2D eigenvalue weighted by atomic mass is 32.1. The lowest BCUT2D eigenvalue weighted by atomic mass is 9.78. The van der Waals surface area contributed by atoms with E-state index in [1.807, 2.05) is 5.38 Å². The average molecular weight is 266 g/mol. The van der Waals surface area contributed by atoms with E-state index in [9.17, 15) is 9.50 Å². The summed E-state index contributed by atoms with van der Waals surface area (Å²) in [6.45, 7) is 0.198. The maximum absolute atomic E-state index is 13.0. The molecule has 0 aliphatic carbocycles. The summed E-state index contributed by atoms with van der Waals surface area (Å²) in [6.07, 6.45) is 2.28. The van der Waals surface area contributed by atoms with Crippen LogP contribution in [0, 0.1) is 5.82 Å². The van der Waals surface area contributed by atoms with Crippen molar-refractivity contribution in [2.45, 2.75) is 11.8 Å². The quantitative estimate of drug-likeness (QED) is 0.866. The van der Waals surface area contributed by atoms with Gasteiger partial charge >= 0.3 is 0 Å². The number of hydrogen-bond donors (Lipinski definition) is 2. The first-order valence-corrected chi connectivity index (χ1v) is 6.53. The normalized spacial score (nSPS) is 14.4. The highest BCUT2D eigenvalue weighted by Crippen LogP contribution is 2.28. The molecule has 96 valence electrons. The molecule has 0 aliphatic heterocycles. The van der Waals surface area contributed by atoms with E-state index < -0.39 is 5.41 Å². The van der Waals surface area contributed by atoms with Gasteiger partial charge in [0.15, 0.2) is 0 Å². The third kappa shape index (κ3) is 2.58. The summed E-state index contributed by atoms with van der Waals surface area (Å²) in [6, 6.07) is 6.12. The van der Waals surface area contributed by atoms with E-state index >= 15 is 0 Å². The Kier molecular flexibility index (Phi) is 4.06. The molecule has 0 spiro atoms. The number of aromatic nitrogens is 1. The van der Waals surface area contributed by atoms with Crippen LogP contribution in [-0.4, -0.2) is 23.2 Å². The van der Waals surface area contributed by atoms with Gasteiger partial charge < -0.3 is 10.8 Å². The van der Waals surface area contributed by atoms with Crippen molar-refractivity contribution in [1.82, 2.24) is 4.98 Å². The Bertz CT molecular complexity index is 480. The van der Waals surface area contributed by atoms with Crippen molar-refractivity contribution in [2.24, 2.45) is 5.73 Å². The molecule has 1 heterocycles. The second-order valence-corrected chi connectivity index (χ2v) is 5.23. The minimum absolute atomic E-state index is 0.0886. The van der Waals surface area contributed by atoms with Gasteiger partial charge in [-0.1, -0.05) is 12.1 Å². The second kappa shape index (κ2) is 5.56. The van der Waals surface area contributed by atoms with Crippen LogP contribution in [0.15, 0.2) is 35.8 Å². The van der Waals surface area contributed by atoms with Crippen LogP contribution >= 0.6 is 11.3 Å². The van der Waals surface area contributed by atoms with E-state index in [2.05, 4.69) is 4.98 Å². The molecule has 0 bridgehead atoms. The molecule has 1 aromatic carbocycles. The maximum atomic E-state index is 13.0. The molecular weight excluding hydrogens is 251 g/mol. The Morgan fingerprint density at radius 3 is 2.56 bits per heavy atom. The van der Waals surface area contributed by atoms with Gasteiger partial charge in [-0.2, -0.15) is 0 Å². The van der Waals surface area contributed by atoms with Gasteiger partial charge in [-0.05, 0) is 17.7 Å². The Labute approximate surface area is 109 Å². The summed E-state index contributed by atoms with van der Waals surface area (Å²) < 4.78 is 13.0. The monoisotopic (exact) mass is 266 g/mol. The van der Waals surface area contributed by atoms with Crippen LogP contribution in [0.5, 0.6) is 0 Å². The third-order valence-corrected chi connectivity index (χ3v) is 3.90. The van der Waals surface area contributed by atoms with Gasteiger partial charge in [0.1, 0.15) is 5.82 Å². The fourth-order valence-electron chi connectivity index (χ4n) is 1.94. The average Bonchev–Trinajstić information content (AvgIpc) is 2.90. The highest BCUT2D eigenvalue weighted by Gasteiger charge is 2.31. The Balaban J connectivity index is 2.33. The van der Waals surface area contributed by atoms with Crippen LogP contribution in [0.25, 0.3) is 0 Å². The van der Waals surface area contributed by atoms with E-state index in [0.717, 1.165) is 10.6 Å². The number of halogens is 1. The molecule has 1 unspecified atom stereocenters. The summed E-state index contributed by atoms with van der Waals surface area (Å²) in [7, 11) is 0. The van der Waals surface area contributed by atoms with Crippen LogP contribution in [-0.2, 0) is 11.8 Å². The predicted octanol–water partition coefficient (Wildman–Crippen LogP) is 1.71. The van der Waals surface area contributed by atoms with Crippen LogP contribution in [0.1, 0.15) is 10.6 Å².